The van der Waals surface area contributed by atoms with Gasteiger partial charge in [0.05, 0.1) is 19.3 Å². The summed E-state index contributed by atoms with van der Waals surface area (Å²) in [4.78, 5) is 11.5. The first-order valence-corrected chi connectivity index (χ1v) is 5.88. The average Bonchev–Trinajstić information content (AvgIpc) is 2.85. The summed E-state index contributed by atoms with van der Waals surface area (Å²) in [5.41, 5.74) is 1.67. The molecule has 4 nitrogen and oxygen atoms in total. The maximum absolute atomic E-state index is 11.5. The molecule has 2 atom stereocenters. The second-order valence-electron chi connectivity index (χ2n) is 4.54. The van der Waals surface area contributed by atoms with Gasteiger partial charge in [0.25, 0.3) is 0 Å². The van der Waals surface area contributed by atoms with Crippen LogP contribution in [0.1, 0.15) is 28.4 Å². The number of esters is 1. The molecule has 3 rings (SSSR count). The molecule has 2 heterocycles. The van der Waals surface area contributed by atoms with Crippen molar-refractivity contribution in [3.8, 4) is 5.75 Å². The van der Waals surface area contributed by atoms with Crippen molar-refractivity contribution < 1.29 is 14.3 Å². The van der Waals surface area contributed by atoms with Gasteiger partial charge >= 0.3 is 5.97 Å². The minimum atomic E-state index is -0.298. The maximum Gasteiger partial charge on any atom is 0.337 e. The zero-order valence-electron chi connectivity index (χ0n) is 9.73. The van der Waals surface area contributed by atoms with E-state index in [1.807, 2.05) is 12.1 Å². The van der Waals surface area contributed by atoms with Gasteiger partial charge in [-0.1, -0.05) is 0 Å². The molecule has 0 saturated carbocycles. The van der Waals surface area contributed by atoms with Gasteiger partial charge < -0.3 is 14.8 Å². The largest absolute Gasteiger partial charge is 0.493 e. The topological polar surface area (TPSA) is 47.6 Å². The van der Waals surface area contributed by atoms with Gasteiger partial charge in [-0.05, 0) is 31.2 Å². The lowest BCUT2D eigenvalue weighted by molar-refractivity contribution is 0.0600. The molecule has 17 heavy (non-hydrogen) atoms. The third kappa shape index (κ3) is 1.69. The molecule has 90 valence electrons. The number of carbonyl (C=O) groups is 1. The van der Waals surface area contributed by atoms with E-state index >= 15 is 0 Å². The van der Waals surface area contributed by atoms with Gasteiger partial charge in [-0.15, -0.1) is 0 Å². The number of hydrogen-bond donors (Lipinski definition) is 1. The van der Waals surface area contributed by atoms with Crippen LogP contribution in [0, 0.1) is 5.92 Å². The summed E-state index contributed by atoms with van der Waals surface area (Å²) in [7, 11) is 1.40. The highest BCUT2D eigenvalue weighted by molar-refractivity contribution is 5.89. The Balaban J connectivity index is 2.00. The smallest absolute Gasteiger partial charge is 0.337 e. The second kappa shape index (κ2) is 4.04. The highest BCUT2D eigenvalue weighted by atomic mass is 16.5. The van der Waals surface area contributed by atoms with E-state index < -0.39 is 0 Å². The molecule has 2 aliphatic rings. The van der Waals surface area contributed by atoms with E-state index in [9.17, 15) is 4.79 Å². The van der Waals surface area contributed by atoms with Crippen molar-refractivity contribution in [2.24, 2.45) is 5.92 Å². The normalized spacial score (nSPS) is 25.7. The first-order chi connectivity index (χ1) is 8.29. The van der Waals surface area contributed by atoms with Crippen LogP contribution in [0.3, 0.4) is 0 Å². The highest BCUT2D eigenvalue weighted by Crippen LogP contribution is 2.39. The Morgan fingerprint density at radius 3 is 3.24 bits per heavy atom. The lowest BCUT2D eigenvalue weighted by Gasteiger charge is -2.28. The molecule has 0 unspecified atom stereocenters. The van der Waals surface area contributed by atoms with Gasteiger partial charge in [-0.2, -0.15) is 0 Å². The van der Waals surface area contributed by atoms with E-state index in [0.29, 0.717) is 17.5 Å². The molecule has 0 spiro atoms. The quantitative estimate of drug-likeness (QED) is 0.747. The van der Waals surface area contributed by atoms with Gasteiger partial charge in [-0.25, -0.2) is 4.79 Å². The summed E-state index contributed by atoms with van der Waals surface area (Å²) in [6, 6.07) is 5.82. The van der Waals surface area contributed by atoms with E-state index in [1.54, 1.807) is 6.07 Å². The van der Waals surface area contributed by atoms with Crippen molar-refractivity contribution >= 4 is 5.97 Å². The predicted octanol–water partition coefficient (Wildman–Crippen LogP) is 1.52. The molecule has 0 radical (unpaired) electrons. The number of rotatable bonds is 1. The first-order valence-electron chi connectivity index (χ1n) is 5.88. The fourth-order valence-electron chi connectivity index (χ4n) is 2.67. The standard InChI is InChI=1S/C13H15NO3/c1-16-13(15)8-2-3-11-10(6-8)12-9(7-17-11)4-5-14-12/h2-3,6,9,12,14H,4-5,7H2,1H3/t9-,12-/m0/s1. The Bertz CT molecular complexity index is 458. The van der Waals surface area contributed by atoms with E-state index in [-0.39, 0.29) is 5.97 Å². The van der Waals surface area contributed by atoms with Gasteiger partial charge in [0.1, 0.15) is 5.75 Å². The number of carbonyl (C=O) groups excluding carboxylic acids is 1. The van der Waals surface area contributed by atoms with E-state index in [2.05, 4.69) is 5.32 Å². The molecule has 4 heteroatoms. The average molecular weight is 233 g/mol. The second-order valence-corrected chi connectivity index (χ2v) is 4.54. The monoisotopic (exact) mass is 233 g/mol. The lowest BCUT2D eigenvalue weighted by atomic mass is 9.91. The third-order valence-electron chi connectivity index (χ3n) is 3.57. The first kappa shape index (κ1) is 10.6. The molecule has 0 aliphatic carbocycles. The molecular weight excluding hydrogens is 218 g/mol. The SMILES string of the molecule is COC(=O)c1ccc2c(c1)[C@H]1NCC[C@H]1CO2. The van der Waals surface area contributed by atoms with Crippen LogP contribution in [0.4, 0.5) is 0 Å². The van der Waals surface area contributed by atoms with Crippen molar-refractivity contribution in [3.05, 3.63) is 29.3 Å². The summed E-state index contributed by atoms with van der Waals surface area (Å²) in [6.07, 6.45) is 1.13. The summed E-state index contributed by atoms with van der Waals surface area (Å²) in [5, 5.41) is 3.47. The van der Waals surface area contributed by atoms with Crippen LogP contribution in [0.25, 0.3) is 0 Å². The number of methoxy groups -OCH3 is 1. The molecule has 2 aliphatic heterocycles. The highest BCUT2D eigenvalue weighted by Gasteiger charge is 2.34. The zero-order valence-corrected chi connectivity index (χ0v) is 9.73. The Morgan fingerprint density at radius 1 is 1.53 bits per heavy atom. The van der Waals surface area contributed by atoms with Gasteiger partial charge in [0, 0.05) is 17.5 Å². The molecule has 1 aromatic rings. The third-order valence-corrected chi connectivity index (χ3v) is 3.57. The number of nitrogens with one attached hydrogen (secondary N) is 1. The van der Waals surface area contributed by atoms with Crippen LogP contribution in [0.2, 0.25) is 0 Å². The Morgan fingerprint density at radius 2 is 2.41 bits per heavy atom. The minimum Gasteiger partial charge on any atom is -0.493 e. The molecule has 0 amide bonds. The van der Waals surface area contributed by atoms with Gasteiger partial charge in [-0.3, -0.25) is 0 Å². The lowest BCUT2D eigenvalue weighted by Crippen LogP contribution is -2.27. The number of ether oxygens (including phenoxy) is 2. The van der Waals surface area contributed by atoms with Crippen molar-refractivity contribution in [2.75, 3.05) is 20.3 Å². The summed E-state index contributed by atoms with van der Waals surface area (Å²) in [6.45, 7) is 1.78. The molecule has 0 aromatic heterocycles. The van der Waals surface area contributed by atoms with Crippen molar-refractivity contribution in [1.82, 2.24) is 5.32 Å². The summed E-state index contributed by atoms with van der Waals surface area (Å²) >= 11 is 0. The van der Waals surface area contributed by atoms with Crippen molar-refractivity contribution in [1.29, 1.82) is 0 Å². The molecule has 0 bridgehead atoms. The van der Waals surface area contributed by atoms with Crippen molar-refractivity contribution in [2.45, 2.75) is 12.5 Å². The Hall–Kier alpha value is -1.55. The minimum absolute atomic E-state index is 0.298. The van der Waals surface area contributed by atoms with Crippen LogP contribution < -0.4 is 10.1 Å². The molecule has 1 aromatic carbocycles. The molecular formula is C13H15NO3. The maximum atomic E-state index is 11.5. The van der Waals surface area contributed by atoms with Crippen LogP contribution >= 0.6 is 0 Å². The molecule has 1 fully saturated rings. The van der Waals surface area contributed by atoms with E-state index in [0.717, 1.165) is 30.9 Å². The fraction of sp³-hybridized carbons (Fsp3) is 0.462. The van der Waals surface area contributed by atoms with Crippen molar-refractivity contribution in [3.63, 3.8) is 0 Å². The van der Waals surface area contributed by atoms with Gasteiger partial charge in [0.15, 0.2) is 0 Å². The van der Waals surface area contributed by atoms with E-state index in [4.69, 9.17) is 9.47 Å². The number of fused-ring (bicyclic) bond motifs is 3. The van der Waals surface area contributed by atoms with Crippen LogP contribution in [0.15, 0.2) is 18.2 Å². The van der Waals surface area contributed by atoms with Crippen LogP contribution in [-0.2, 0) is 4.74 Å². The van der Waals surface area contributed by atoms with Crippen LogP contribution in [-0.4, -0.2) is 26.2 Å². The summed E-state index contributed by atoms with van der Waals surface area (Å²) < 4.78 is 10.5. The predicted molar refractivity (Wildman–Crippen MR) is 62.1 cm³/mol. The van der Waals surface area contributed by atoms with E-state index in [1.165, 1.54) is 7.11 Å². The number of hydrogen-bond acceptors (Lipinski definition) is 4. The fourth-order valence-corrected chi connectivity index (χ4v) is 2.67. The number of benzene rings is 1. The Labute approximate surface area is 99.9 Å². The summed E-state index contributed by atoms with van der Waals surface area (Å²) in [5.74, 6) is 1.11. The zero-order chi connectivity index (χ0) is 11.8. The Kier molecular flexibility index (Phi) is 2.52. The van der Waals surface area contributed by atoms with Crippen LogP contribution in [0.5, 0.6) is 5.75 Å². The molecule has 1 N–H and O–H groups in total. The van der Waals surface area contributed by atoms with Gasteiger partial charge in [0.2, 0.25) is 0 Å². The molecule has 1 saturated heterocycles.